The van der Waals surface area contributed by atoms with E-state index in [0.29, 0.717) is 12.1 Å². The number of rotatable bonds is 2. The van der Waals surface area contributed by atoms with E-state index in [4.69, 9.17) is 0 Å². The molecule has 1 aromatic rings. The molecule has 1 N–H and O–H groups in total. The fourth-order valence-electron chi connectivity index (χ4n) is 3.07. The monoisotopic (exact) mass is 260 g/mol. The molecule has 0 radical (unpaired) electrons. The molecule has 0 saturated carbocycles. The van der Waals surface area contributed by atoms with Gasteiger partial charge in [0.2, 0.25) is 0 Å². The minimum atomic E-state index is 0.624. The van der Waals surface area contributed by atoms with Gasteiger partial charge >= 0.3 is 0 Å². The fourth-order valence-corrected chi connectivity index (χ4v) is 3.07. The second kappa shape index (κ2) is 6.42. The Labute approximate surface area is 118 Å². The molecule has 1 aromatic carbocycles. The Morgan fingerprint density at radius 1 is 1.21 bits per heavy atom. The lowest BCUT2D eigenvalue weighted by atomic mass is 10.0. The van der Waals surface area contributed by atoms with Crippen LogP contribution in [0.4, 0.5) is 5.69 Å². The molecule has 2 unspecified atom stereocenters. The fraction of sp³-hybridized carbons (Fsp3) is 0.647. The zero-order chi connectivity index (χ0) is 13.8. The Kier molecular flexibility index (Phi) is 4.87. The average molecular weight is 260 g/mol. The molecule has 1 saturated heterocycles. The summed E-state index contributed by atoms with van der Waals surface area (Å²) in [6, 6.07) is 8.13. The van der Waals surface area contributed by atoms with Crippen LogP contribution in [0.1, 0.15) is 44.2 Å². The lowest BCUT2D eigenvalue weighted by Gasteiger charge is -2.34. The summed E-state index contributed by atoms with van der Waals surface area (Å²) in [6.07, 6.45) is 3.70. The van der Waals surface area contributed by atoms with Crippen molar-refractivity contribution in [2.24, 2.45) is 0 Å². The van der Waals surface area contributed by atoms with Crippen molar-refractivity contribution in [3.8, 4) is 0 Å². The largest absolute Gasteiger partial charge is 0.371 e. The Morgan fingerprint density at radius 3 is 2.63 bits per heavy atom. The molecule has 2 rings (SSSR count). The Balaban J connectivity index is 2.14. The van der Waals surface area contributed by atoms with Gasteiger partial charge in [-0.05, 0) is 51.7 Å². The van der Waals surface area contributed by atoms with Crippen LogP contribution < -0.4 is 10.2 Å². The van der Waals surface area contributed by atoms with Crippen molar-refractivity contribution in [2.45, 2.75) is 59.0 Å². The normalized spacial score (nSPS) is 24.9. The lowest BCUT2D eigenvalue weighted by Crippen LogP contribution is -2.44. The summed E-state index contributed by atoms with van der Waals surface area (Å²) >= 11 is 0. The van der Waals surface area contributed by atoms with Gasteiger partial charge in [0.25, 0.3) is 0 Å². The highest BCUT2D eigenvalue weighted by Crippen LogP contribution is 2.23. The Hall–Kier alpha value is -1.02. The maximum absolute atomic E-state index is 3.74. The predicted molar refractivity (Wildman–Crippen MR) is 84.0 cm³/mol. The molecule has 0 bridgehead atoms. The van der Waals surface area contributed by atoms with Crippen LogP contribution in [0.2, 0.25) is 0 Å². The number of hydrogen-bond acceptors (Lipinski definition) is 2. The molecule has 0 amide bonds. The highest BCUT2D eigenvalue weighted by atomic mass is 15.1. The molecule has 1 heterocycles. The minimum Gasteiger partial charge on any atom is -0.371 e. The van der Waals surface area contributed by atoms with Crippen LogP contribution in [0.15, 0.2) is 18.2 Å². The molecule has 2 heteroatoms. The molecule has 0 aliphatic carbocycles. The zero-order valence-electron chi connectivity index (χ0n) is 12.9. The van der Waals surface area contributed by atoms with Gasteiger partial charge in [0.15, 0.2) is 0 Å². The van der Waals surface area contributed by atoms with Crippen molar-refractivity contribution in [3.05, 3.63) is 29.3 Å². The summed E-state index contributed by atoms with van der Waals surface area (Å²) in [6.45, 7) is 11.3. The summed E-state index contributed by atoms with van der Waals surface area (Å²) in [5.74, 6) is 0. The second-order valence-corrected chi connectivity index (χ2v) is 6.03. The summed E-state index contributed by atoms with van der Waals surface area (Å²) in [5, 5.41) is 3.74. The van der Waals surface area contributed by atoms with Crippen LogP contribution in [0.25, 0.3) is 0 Å². The van der Waals surface area contributed by atoms with E-state index < -0.39 is 0 Å². The molecular formula is C17H28N2. The van der Waals surface area contributed by atoms with Gasteiger partial charge in [0.05, 0.1) is 0 Å². The van der Waals surface area contributed by atoms with Crippen LogP contribution >= 0.6 is 0 Å². The highest BCUT2D eigenvalue weighted by molar-refractivity contribution is 5.54. The van der Waals surface area contributed by atoms with E-state index >= 15 is 0 Å². The molecule has 2 nitrogen and oxygen atoms in total. The van der Waals surface area contributed by atoms with Crippen molar-refractivity contribution >= 4 is 5.69 Å². The molecule has 2 atom stereocenters. The maximum Gasteiger partial charge on any atom is 0.0396 e. The van der Waals surface area contributed by atoms with E-state index in [1.165, 1.54) is 42.6 Å². The number of anilines is 1. The molecule has 1 aliphatic heterocycles. The minimum absolute atomic E-state index is 0.624. The number of nitrogens with one attached hydrogen (secondary N) is 1. The number of aryl methyl sites for hydroxylation is 2. The van der Waals surface area contributed by atoms with Crippen LogP contribution in [-0.4, -0.2) is 25.2 Å². The van der Waals surface area contributed by atoms with Gasteiger partial charge in [-0.15, -0.1) is 0 Å². The Bertz CT molecular complexity index is 414. The van der Waals surface area contributed by atoms with Crippen LogP contribution in [-0.2, 0) is 0 Å². The van der Waals surface area contributed by atoms with Gasteiger partial charge in [-0.2, -0.15) is 0 Å². The van der Waals surface area contributed by atoms with E-state index in [1.807, 2.05) is 0 Å². The zero-order valence-corrected chi connectivity index (χ0v) is 12.9. The van der Waals surface area contributed by atoms with E-state index in [1.54, 1.807) is 0 Å². The number of benzene rings is 1. The summed E-state index contributed by atoms with van der Waals surface area (Å²) in [4.78, 5) is 2.58. The predicted octanol–water partition coefficient (Wildman–Crippen LogP) is 3.66. The average Bonchev–Trinajstić information content (AvgIpc) is 2.35. The summed E-state index contributed by atoms with van der Waals surface area (Å²) in [5.41, 5.74) is 4.19. The van der Waals surface area contributed by atoms with Gasteiger partial charge < -0.3 is 10.2 Å². The van der Waals surface area contributed by atoms with Crippen molar-refractivity contribution < 1.29 is 0 Å². The third-order valence-electron chi connectivity index (χ3n) is 4.29. The van der Waals surface area contributed by atoms with E-state index in [2.05, 4.69) is 56.1 Å². The third kappa shape index (κ3) is 3.73. The molecular weight excluding hydrogens is 232 g/mol. The SMILES string of the molecule is CCC1CCN(c2ccc(C)cc2C)CCC(C)N1. The molecule has 19 heavy (non-hydrogen) atoms. The molecule has 0 spiro atoms. The van der Waals surface area contributed by atoms with Gasteiger partial charge in [-0.1, -0.05) is 24.6 Å². The number of hydrogen-bond donors (Lipinski definition) is 1. The first-order chi connectivity index (χ1) is 9.10. The topological polar surface area (TPSA) is 15.3 Å². The third-order valence-corrected chi connectivity index (χ3v) is 4.29. The summed E-state index contributed by atoms with van der Waals surface area (Å²) < 4.78 is 0. The molecule has 0 aromatic heterocycles. The molecule has 106 valence electrons. The van der Waals surface area contributed by atoms with Crippen molar-refractivity contribution in [3.63, 3.8) is 0 Å². The van der Waals surface area contributed by atoms with Gasteiger partial charge in [-0.25, -0.2) is 0 Å². The standard InChI is InChI=1S/C17H28N2/c1-5-16-9-11-19(10-8-15(4)18-16)17-7-6-13(2)12-14(17)3/h6-7,12,15-16,18H,5,8-11H2,1-4H3. The van der Waals surface area contributed by atoms with Crippen LogP contribution in [0, 0.1) is 13.8 Å². The van der Waals surface area contributed by atoms with E-state index in [9.17, 15) is 0 Å². The van der Waals surface area contributed by atoms with Gasteiger partial charge in [-0.3, -0.25) is 0 Å². The smallest absolute Gasteiger partial charge is 0.0396 e. The first-order valence-electron chi connectivity index (χ1n) is 7.68. The van der Waals surface area contributed by atoms with E-state index in [0.717, 1.165) is 6.54 Å². The first-order valence-corrected chi connectivity index (χ1v) is 7.68. The van der Waals surface area contributed by atoms with Gasteiger partial charge in [0.1, 0.15) is 0 Å². The first kappa shape index (κ1) is 14.4. The highest BCUT2D eigenvalue weighted by Gasteiger charge is 2.18. The van der Waals surface area contributed by atoms with Crippen molar-refractivity contribution in [1.82, 2.24) is 5.32 Å². The second-order valence-electron chi connectivity index (χ2n) is 6.03. The van der Waals surface area contributed by atoms with Crippen LogP contribution in [0.5, 0.6) is 0 Å². The van der Waals surface area contributed by atoms with Crippen LogP contribution in [0.3, 0.4) is 0 Å². The quantitative estimate of drug-likeness (QED) is 0.873. The summed E-state index contributed by atoms with van der Waals surface area (Å²) in [7, 11) is 0. The van der Waals surface area contributed by atoms with Crippen molar-refractivity contribution in [2.75, 3.05) is 18.0 Å². The molecule has 1 aliphatic rings. The number of nitrogens with zero attached hydrogens (tertiary/aromatic N) is 1. The maximum atomic E-state index is 3.74. The lowest BCUT2D eigenvalue weighted by molar-refractivity contribution is 0.378. The Morgan fingerprint density at radius 2 is 1.95 bits per heavy atom. The van der Waals surface area contributed by atoms with E-state index in [-0.39, 0.29) is 0 Å². The molecule has 1 fully saturated rings. The van der Waals surface area contributed by atoms with Gasteiger partial charge in [0, 0.05) is 30.9 Å². The van der Waals surface area contributed by atoms with Crippen molar-refractivity contribution in [1.29, 1.82) is 0 Å².